The zero-order valence-corrected chi connectivity index (χ0v) is 25.8. The number of para-hydroxylation sites is 4. The maximum Gasteiger partial charge on any atom is 0.124 e. The van der Waals surface area contributed by atoms with Crippen molar-refractivity contribution in [2.45, 2.75) is 39.5 Å². The van der Waals surface area contributed by atoms with Gasteiger partial charge in [0.25, 0.3) is 0 Å². The zero-order chi connectivity index (χ0) is 27.8. The number of imidazole rings is 1. The van der Waals surface area contributed by atoms with E-state index in [4.69, 9.17) is 9.97 Å². The van der Waals surface area contributed by atoms with Crippen molar-refractivity contribution in [2.75, 3.05) is 0 Å². The van der Waals surface area contributed by atoms with Crippen LogP contribution < -0.4 is 0 Å². The molecular formula is C36H32N3OPt-. The quantitative estimate of drug-likeness (QED) is 0.175. The Morgan fingerprint density at radius 3 is 1.98 bits per heavy atom. The third-order valence-corrected chi connectivity index (χ3v) is 7.37. The summed E-state index contributed by atoms with van der Waals surface area (Å²) < 4.78 is 2.32. The summed E-state index contributed by atoms with van der Waals surface area (Å²) in [7, 11) is 0. The van der Waals surface area contributed by atoms with Crippen molar-refractivity contribution in [3.05, 3.63) is 120 Å². The first kappa shape index (κ1) is 28.5. The fraction of sp³-hybridized carbons (Fsp3) is 0.167. The number of rotatable bonds is 6. The van der Waals surface area contributed by atoms with Crippen LogP contribution in [0, 0.1) is 6.07 Å². The molecule has 41 heavy (non-hydrogen) atoms. The molecule has 0 aliphatic heterocycles. The van der Waals surface area contributed by atoms with Crippen LogP contribution in [0.3, 0.4) is 0 Å². The molecule has 0 radical (unpaired) electrons. The second-order valence-electron chi connectivity index (χ2n) is 10.8. The normalized spacial score (nSPS) is 11.3. The van der Waals surface area contributed by atoms with E-state index >= 15 is 0 Å². The minimum absolute atomic E-state index is 0. The number of hydrogen-bond donors (Lipinski definition) is 1. The first-order valence-corrected chi connectivity index (χ1v) is 13.8. The van der Waals surface area contributed by atoms with E-state index in [0.717, 1.165) is 33.7 Å². The molecule has 0 saturated carbocycles. The standard InChI is InChI=1S/C36H32N3O.Pt/c1-23(2)27-15-10-16-28(24(3)4)35(27)39-33-20-7-6-17-32(33)38-36(39)26-13-9-12-25(22-26)30-18-11-19-31(37-30)29-14-5-8-21-34(29)40;/h5-21,23-24,40H,1-4H3;/q-1;. The van der Waals surface area contributed by atoms with Gasteiger partial charge in [-0.1, -0.05) is 93.4 Å². The van der Waals surface area contributed by atoms with Gasteiger partial charge in [0.15, 0.2) is 0 Å². The number of phenolic OH excluding ortho intramolecular Hbond substituents is 1. The Morgan fingerprint density at radius 1 is 0.634 bits per heavy atom. The molecule has 0 spiro atoms. The molecule has 4 aromatic carbocycles. The van der Waals surface area contributed by atoms with Gasteiger partial charge in [-0.15, -0.1) is 24.3 Å². The van der Waals surface area contributed by atoms with Crippen LogP contribution in [0.5, 0.6) is 5.75 Å². The number of benzene rings is 4. The van der Waals surface area contributed by atoms with E-state index in [1.54, 1.807) is 6.07 Å². The molecule has 4 nitrogen and oxygen atoms in total. The molecule has 208 valence electrons. The topological polar surface area (TPSA) is 50.9 Å². The Balaban J connectivity index is 0.00000337. The average Bonchev–Trinajstić information content (AvgIpc) is 3.36. The van der Waals surface area contributed by atoms with Crippen LogP contribution in [-0.2, 0) is 21.1 Å². The predicted octanol–water partition coefficient (Wildman–Crippen LogP) is 9.17. The second kappa shape index (κ2) is 11.8. The van der Waals surface area contributed by atoms with Crippen LogP contribution in [0.2, 0.25) is 0 Å². The molecule has 0 saturated heterocycles. The van der Waals surface area contributed by atoms with Crippen molar-refractivity contribution in [1.82, 2.24) is 14.5 Å². The van der Waals surface area contributed by atoms with Crippen LogP contribution in [0.25, 0.3) is 50.6 Å². The average molecular weight is 718 g/mol. The third kappa shape index (κ3) is 5.37. The summed E-state index contributed by atoms with van der Waals surface area (Å²) in [5.74, 6) is 1.76. The molecular weight excluding hydrogens is 685 g/mol. The van der Waals surface area contributed by atoms with Crippen molar-refractivity contribution >= 4 is 11.0 Å². The van der Waals surface area contributed by atoms with E-state index in [1.807, 2.05) is 54.6 Å². The first-order valence-electron chi connectivity index (χ1n) is 13.8. The second-order valence-corrected chi connectivity index (χ2v) is 10.8. The zero-order valence-electron chi connectivity index (χ0n) is 23.6. The van der Waals surface area contributed by atoms with Crippen LogP contribution in [0.4, 0.5) is 0 Å². The maximum atomic E-state index is 10.4. The molecule has 0 atom stereocenters. The van der Waals surface area contributed by atoms with E-state index in [0.29, 0.717) is 23.1 Å². The Morgan fingerprint density at radius 2 is 1.24 bits per heavy atom. The molecule has 2 heterocycles. The van der Waals surface area contributed by atoms with Crippen molar-refractivity contribution in [3.63, 3.8) is 0 Å². The number of aromatic hydroxyl groups is 1. The van der Waals surface area contributed by atoms with Gasteiger partial charge in [-0.25, -0.2) is 0 Å². The van der Waals surface area contributed by atoms with Crippen LogP contribution in [0.1, 0.15) is 50.7 Å². The van der Waals surface area contributed by atoms with Crippen molar-refractivity contribution in [2.24, 2.45) is 0 Å². The first-order chi connectivity index (χ1) is 19.4. The van der Waals surface area contributed by atoms with Gasteiger partial charge in [-0.3, -0.25) is 9.97 Å². The molecule has 1 N–H and O–H groups in total. The SMILES string of the molecule is CC(C)c1cccc(C(C)C)c1-n1c(-c2[c-]c(-c3cccc(-c4ccccc4O)n3)ccc2)nc2ccccc21.[Pt]. The van der Waals surface area contributed by atoms with Crippen molar-refractivity contribution < 1.29 is 26.2 Å². The number of aromatic nitrogens is 3. The van der Waals surface area contributed by atoms with Crippen LogP contribution in [-0.4, -0.2) is 19.6 Å². The summed E-state index contributed by atoms with van der Waals surface area (Å²) in [5, 5.41) is 10.4. The van der Waals surface area contributed by atoms with Gasteiger partial charge in [0.05, 0.1) is 22.6 Å². The summed E-state index contributed by atoms with van der Waals surface area (Å²) in [5.41, 5.74) is 9.79. The largest absolute Gasteiger partial charge is 0.507 e. The molecule has 0 unspecified atom stereocenters. The third-order valence-electron chi connectivity index (χ3n) is 7.37. The van der Waals surface area contributed by atoms with Gasteiger partial charge in [0, 0.05) is 38.0 Å². The summed E-state index contributed by atoms with van der Waals surface area (Å²) in [6.07, 6.45) is 0. The minimum Gasteiger partial charge on any atom is -0.507 e. The summed E-state index contributed by atoms with van der Waals surface area (Å²) in [4.78, 5) is 10.0. The van der Waals surface area contributed by atoms with Gasteiger partial charge in [0.2, 0.25) is 0 Å². The fourth-order valence-electron chi connectivity index (χ4n) is 5.38. The van der Waals surface area contributed by atoms with Crippen molar-refractivity contribution in [3.8, 4) is 45.3 Å². The van der Waals surface area contributed by atoms with Crippen LogP contribution >= 0.6 is 0 Å². The number of hydrogen-bond acceptors (Lipinski definition) is 3. The number of fused-ring (bicyclic) bond motifs is 1. The summed E-state index contributed by atoms with van der Waals surface area (Å²) >= 11 is 0. The monoisotopic (exact) mass is 717 g/mol. The number of nitrogens with zero attached hydrogens (tertiary/aromatic N) is 3. The summed E-state index contributed by atoms with van der Waals surface area (Å²) in [6.45, 7) is 8.99. The predicted molar refractivity (Wildman–Crippen MR) is 164 cm³/mol. The molecule has 0 aliphatic rings. The Labute approximate surface area is 256 Å². The van der Waals surface area contributed by atoms with Crippen LogP contribution in [0.15, 0.2) is 103 Å². The number of pyridine rings is 1. The maximum absolute atomic E-state index is 10.4. The minimum atomic E-state index is 0. The van der Waals surface area contributed by atoms with Gasteiger partial charge in [-0.2, -0.15) is 0 Å². The van der Waals surface area contributed by atoms with E-state index in [1.165, 1.54) is 16.8 Å². The fourth-order valence-corrected chi connectivity index (χ4v) is 5.38. The van der Waals surface area contributed by atoms with Gasteiger partial charge >= 0.3 is 0 Å². The molecule has 6 aromatic rings. The van der Waals surface area contributed by atoms with Gasteiger partial charge in [0.1, 0.15) is 5.75 Å². The molecule has 0 fully saturated rings. The summed E-state index contributed by atoms with van der Waals surface area (Å²) in [6, 6.07) is 37.9. The smallest absolute Gasteiger partial charge is 0.124 e. The van der Waals surface area contributed by atoms with Gasteiger partial charge < -0.3 is 9.67 Å². The Bertz CT molecular complexity index is 1810. The molecule has 5 heteroatoms. The molecule has 0 aliphatic carbocycles. The number of phenols is 1. The molecule has 0 amide bonds. The van der Waals surface area contributed by atoms with E-state index in [-0.39, 0.29) is 26.8 Å². The molecule has 0 bridgehead atoms. The Kier molecular flexibility index (Phi) is 8.24. The molecule has 6 rings (SSSR count). The van der Waals surface area contributed by atoms with Crippen molar-refractivity contribution in [1.29, 1.82) is 0 Å². The van der Waals surface area contributed by atoms with Gasteiger partial charge in [-0.05, 0) is 53.3 Å². The Hall–Kier alpha value is -4.01. The van der Waals surface area contributed by atoms with E-state index < -0.39 is 0 Å². The molecule has 2 aromatic heterocycles. The van der Waals surface area contributed by atoms with E-state index in [2.05, 4.69) is 80.8 Å². The van der Waals surface area contributed by atoms with E-state index in [9.17, 15) is 5.11 Å².